The Hall–Kier alpha value is -1.84. The molecule has 0 spiro atoms. The number of aromatic nitrogens is 2. The van der Waals surface area contributed by atoms with Gasteiger partial charge in [0.2, 0.25) is 0 Å². The minimum absolute atomic E-state index is 0.393. The van der Waals surface area contributed by atoms with Crippen LogP contribution in [0.4, 0.5) is 0 Å². The van der Waals surface area contributed by atoms with E-state index in [0.717, 1.165) is 10.9 Å². The van der Waals surface area contributed by atoms with Crippen molar-refractivity contribution in [3.05, 3.63) is 30.0 Å². The highest BCUT2D eigenvalue weighted by atomic mass is 16.1. The van der Waals surface area contributed by atoms with Crippen LogP contribution >= 0.6 is 0 Å². The summed E-state index contributed by atoms with van der Waals surface area (Å²) in [6, 6.07) is 4.99. The Kier molecular flexibility index (Phi) is 1.33. The molecule has 0 fully saturated rings. The Bertz CT molecular complexity index is 433. The predicted octanol–water partition coefficient (Wildman–Crippen LogP) is 0.986. The lowest BCUT2D eigenvalue weighted by molar-refractivity contribution is 0.0992. The minimum atomic E-state index is -0.668. The molecule has 1 radical (unpaired) electrons. The molecule has 4 nitrogen and oxygen atoms in total. The summed E-state index contributed by atoms with van der Waals surface area (Å²) >= 11 is 0. The zero-order valence-corrected chi connectivity index (χ0v) is 6.16. The number of carbonyl (C=O) groups excluding carboxylic acids is 1. The molecule has 4 heteroatoms. The lowest BCUT2D eigenvalue weighted by Crippen LogP contribution is -1.97. The van der Waals surface area contributed by atoms with Gasteiger partial charge in [0, 0.05) is 10.9 Å². The molecule has 0 saturated carbocycles. The van der Waals surface area contributed by atoms with Gasteiger partial charge < -0.3 is 0 Å². The summed E-state index contributed by atoms with van der Waals surface area (Å²) in [6.07, 6.45) is 1.63. The number of rotatable bonds is 1. The lowest BCUT2D eigenvalue weighted by Gasteiger charge is -1.92. The van der Waals surface area contributed by atoms with Gasteiger partial charge in [0.15, 0.2) is 0 Å². The summed E-state index contributed by atoms with van der Waals surface area (Å²) in [5, 5.41) is 7.42. The Morgan fingerprint density at radius 1 is 1.50 bits per heavy atom. The van der Waals surface area contributed by atoms with E-state index in [0.29, 0.717) is 5.56 Å². The van der Waals surface area contributed by atoms with Crippen LogP contribution in [0.15, 0.2) is 24.4 Å². The van der Waals surface area contributed by atoms with Crippen LogP contribution in [0.3, 0.4) is 0 Å². The number of benzene rings is 1. The van der Waals surface area contributed by atoms with Crippen LogP contribution in [0.5, 0.6) is 0 Å². The van der Waals surface area contributed by atoms with E-state index in [1.165, 1.54) is 0 Å². The average Bonchev–Trinajstić information content (AvgIpc) is 2.49. The van der Waals surface area contributed by atoms with Crippen LogP contribution in [0.25, 0.3) is 10.9 Å². The highest BCUT2D eigenvalue weighted by Crippen LogP contribution is 2.12. The van der Waals surface area contributed by atoms with Crippen LogP contribution in [0.1, 0.15) is 10.4 Å². The maximum absolute atomic E-state index is 10.6. The second-order valence-electron chi connectivity index (χ2n) is 2.50. The Balaban J connectivity index is 2.68. The molecule has 0 saturated heterocycles. The molecule has 0 aliphatic heterocycles. The topological polar surface area (TPSA) is 69.6 Å². The van der Waals surface area contributed by atoms with Gasteiger partial charge in [0.05, 0.1) is 11.7 Å². The van der Waals surface area contributed by atoms with Crippen molar-refractivity contribution < 1.29 is 4.79 Å². The fourth-order valence-electron chi connectivity index (χ4n) is 1.08. The number of carbonyl (C=O) groups is 1. The van der Waals surface area contributed by atoms with E-state index in [1.807, 2.05) is 0 Å². The largest absolute Gasteiger partial charge is 0.278 e. The van der Waals surface area contributed by atoms with E-state index in [9.17, 15) is 4.79 Å². The van der Waals surface area contributed by atoms with Gasteiger partial charge >= 0.3 is 0 Å². The number of nitrogens with zero attached hydrogens (tertiary/aromatic N) is 1. The highest BCUT2D eigenvalue weighted by molar-refractivity contribution is 5.96. The summed E-state index contributed by atoms with van der Waals surface area (Å²) < 4.78 is 0. The number of H-pyrrole nitrogens is 1. The monoisotopic (exact) mass is 160 g/mol. The van der Waals surface area contributed by atoms with Crippen molar-refractivity contribution in [3.63, 3.8) is 0 Å². The third-order valence-corrected chi connectivity index (χ3v) is 1.70. The molecule has 2 N–H and O–H groups in total. The molecule has 1 heterocycles. The molecule has 1 aromatic heterocycles. The van der Waals surface area contributed by atoms with E-state index in [2.05, 4.69) is 10.2 Å². The second kappa shape index (κ2) is 2.34. The van der Waals surface area contributed by atoms with E-state index in [4.69, 9.17) is 5.73 Å². The normalized spacial score (nSPS) is 10.3. The maximum Gasteiger partial charge on any atom is 0.269 e. The number of aromatic amines is 1. The number of fused-ring (bicyclic) bond motifs is 1. The smallest absolute Gasteiger partial charge is 0.269 e. The lowest BCUT2D eigenvalue weighted by atomic mass is 10.1. The molecular formula is C8H6N3O. The predicted molar refractivity (Wildman–Crippen MR) is 43.5 cm³/mol. The number of hydrogen-bond donors (Lipinski definition) is 1. The fraction of sp³-hybridized carbons (Fsp3) is 0. The summed E-state index contributed by atoms with van der Waals surface area (Å²) in [7, 11) is 0. The number of hydrogen-bond acceptors (Lipinski definition) is 2. The highest BCUT2D eigenvalue weighted by Gasteiger charge is 2.02. The van der Waals surface area contributed by atoms with Crippen molar-refractivity contribution in [1.29, 1.82) is 0 Å². The average molecular weight is 160 g/mol. The quantitative estimate of drug-likeness (QED) is 0.675. The molecule has 0 unspecified atom stereocenters. The standard InChI is InChI=1S/C8H6N3O/c9-8(12)5-1-2-7-6(3-5)4-10-11-7/h1-4,9H,(H,10,11). The van der Waals surface area contributed by atoms with Crippen LogP contribution < -0.4 is 5.73 Å². The minimum Gasteiger partial charge on any atom is -0.278 e. The first-order valence-corrected chi connectivity index (χ1v) is 3.46. The molecule has 2 rings (SSSR count). The third kappa shape index (κ3) is 0.934. The van der Waals surface area contributed by atoms with Gasteiger partial charge in [0.25, 0.3) is 5.91 Å². The van der Waals surface area contributed by atoms with Gasteiger partial charge in [-0.2, -0.15) is 5.10 Å². The van der Waals surface area contributed by atoms with Gasteiger partial charge in [-0.15, -0.1) is 0 Å². The number of amides is 1. The summed E-state index contributed by atoms with van der Waals surface area (Å²) in [6.45, 7) is 0. The molecule has 59 valence electrons. The number of nitrogens with one attached hydrogen (secondary N) is 2. The van der Waals surface area contributed by atoms with Crippen molar-refractivity contribution in [3.8, 4) is 0 Å². The van der Waals surface area contributed by atoms with Gasteiger partial charge in [-0.3, -0.25) is 15.6 Å². The first-order valence-electron chi connectivity index (χ1n) is 3.46. The van der Waals surface area contributed by atoms with Crippen molar-refractivity contribution in [1.82, 2.24) is 15.9 Å². The third-order valence-electron chi connectivity index (χ3n) is 1.70. The summed E-state index contributed by atoms with van der Waals surface area (Å²) in [4.78, 5) is 10.6. The molecule has 0 aliphatic carbocycles. The Morgan fingerprint density at radius 3 is 3.08 bits per heavy atom. The van der Waals surface area contributed by atoms with E-state index >= 15 is 0 Å². The van der Waals surface area contributed by atoms with Crippen LogP contribution in [-0.4, -0.2) is 16.1 Å². The molecular weight excluding hydrogens is 154 g/mol. The molecule has 0 atom stereocenters. The molecule has 0 aliphatic rings. The Labute approximate surface area is 68.4 Å². The SMILES string of the molecule is [NH]C(=O)c1ccc2[nH]ncc2c1. The van der Waals surface area contributed by atoms with Crippen LogP contribution in [0, 0.1) is 0 Å². The first-order chi connectivity index (χ1) is 5.77. The first kappa shape index (κ1) is 6.84. The molecule has 1 amide bonds. The van der Waals surface area contributed by atoms with Gasteiger partial charge in [-0.25, -0.2) is 0 Å². The van der Waals surface area contributed by atoms with Crippen molar-refractivity contribution in [2.24, 2.45) is 0 Å². The van der Waals surface area contributed by atoms with Gasteiger partial charge in [-0.1, -0.05) is 0 Å². The fourth-order valence-corrected chi connectivity index (χ4v) is 1.08. The zero-order valence-electron chi connectivity index (χ0n) is 6.16. The maximum atomic E-state index is 10.6. The van der Waals surface area contributed by atoms with Crippen LogP contribution in [-0.2, 0) is 0 Å². The summed E-state index contributed by atoms with van der Waals surface area (Å²) in [5.74, 6) is -0.668. The van der Waals surface area contributed by atoms with E-state index < -0.39 is 5.91 Å². The van der Waals surface area contributed by atoms with Crippen molar-refractivity contribution in [2.75, 3.05) is 0 Å². The summed E-state index contributed by atoms with van der Waals surface area (Å²) in [5.41, 5.74) is 8.15. The van der Waals surface area contributed by atoms with Gasteiger partial charge in [0.1, 0.15) is 0 Å². The molecule has 12 heavy (non-hydrogen) atoms. The van der Waals surface area contributed by atoms with Crippen molar-refractivity contribution in [2.45, 2.75) is 0 Å². The van der Waals surface area contributed by atoms with E-state index in [-0.39, 0.29) is 0 Å². The molecule has 0 bridgehead atoms. The zero-order chi connectivity index (χ0) is 8.55. The van der Waals surface area contributed by atoms with Crippen LogP contribution in [0.2, 0.25) is 0 Å². The van der Waals surface area contributed by atoms with Crippen molar-refractivity contribution >= 4 is 16.8 Å². The Morgan fingerprint density at radius 2 is 2.33 bits per heavy atom. The molecule has 2 aromatic rings. The molecule has 1 aromatic carbocycles. The van der Waals surface area contributed by atoms with E-state index in [1.54, 1.807) is 24.4 Å². The van der Waals surface area contributed by atoms with Gasteiger partial charge in [-0.05, 0) is 18.2 Å². The second-order valence-corrected chi connectivity index (χ2v) is 2.50.